The number of morpholine rings is 1. The number of fused-ring (bicyclic) bond motifs is 1. The predicted molar refractivity (Wildman–Crippen MR) is 123 cm³/mol. The van der Waals surface area contributed by atoms with E-state index in [-0.39, 0.29) is 17.1 Å². The number of rotatable bonds is 3. The molecule has 32 heavy (non-hydrogen) atoms. The van der Waals surface area contributed by atoms with Gasteiger partial charge in [0, 0.05) is 40.6 Å². The number of ether oxygens (including phenoxy) is 1. The van der Waals surface area contributed by atoms with Crippen LogP contribution in [0.2, 0.25) is 5.02 Å². The number of carbonyl (C=O) groups is 2. The number of carbonyl (C=O) groups excluding carboxylic acids is 2. The van der Waals surface area contributed by atoms with Crippen LogP contribution in [0, 0.1) is 5.92 Å². The van der Waals surface area contributed by atoms with E-state index >= 15 is 0 Å². The number of allylic oxidation sites excluding steroid dienone is 4. The Morgan fingerprint density at radius 1 is 1.06 bits per heavy atom. The molecule has 7 heteroatoms. The summed E-state index contributed by atoms with van der Waals surface area (Å²) in [5.74, 6) is -1.83. The topological polar surface area (TPSA) is 78.9 Å². The van der Waals surface area contributed by atoms with Crippen LogP contribution in [0.4, 0.5) is 5.69 Å². The smallest absolute Gasteiger partial charge is 0.256 e. The average Bonchev–Trinajstić information content (AvgIpc) is 3.16. The monoisotopic (exact) mass is 448 g/mol. The van der Waals surface area contributed by atoms with Gasteiger partial charge in [0.2, 0.25) is 0 Å². The maximum Gasteiger partial charge on any atom is 0.256 e. The molecular weight excluding hydrogens is 428 g/mol. The number of hydrogen-bond acceptors (Lipinski definition) is 5. The first-order chi connectivity index (χ1) is 15.5. The second-order valence-corrected chi connectivity index (χ2v) is 8.31. The Bertz CT molecular complexity index is 1190. The van der Waals surface area contributed by atoms with E-state index < -0.39 is 11.8 Å². The molecular formula is C25H21ClN2O4. The molecule has 0 bridgehead atoms. The number of benzene rings is 2. The van der Waals surface area contributed by atoms with Crippen molar-refractivity contribution < 1.29 is 19.4 Å². The zero-order valence-corrected chi connectivity index (χ0v) is 17.9. The zero-order chi connectivity index (χ0) is 22.2. The normalized spacial score (nSPS) is 22.2. The van der Waals surface area contributed by atoms with Gasteiger partial charge in [-0.1, -0.05) is 35.9 Å². The quantitative estimate of drug-likeness (QED) is 0.552. The van der Waals surface area contributed by atoms with Crippen molar-refractivity contribution in [1.82, 2.24) is 5.32 Å². The van der Waals surface area contributed by atoms with Crippen LogP contribution in [0.15, 0.2) is 72.0 Å². The van der Waals surface area contributed by atoms with E-state index in [4.69, 9.17) is 16.3 Å². The first-order valence-corrected chi connectivity index (χ1v) is 10.8. The summed E-state index contributed by atoms with van der Waals surface area (Å²) in [6.45, 7) is 3.07. The minimum absolute atomic E-state index is 0.0408. The molecule has 0 aromatic heterocycles. The number of hydrogen-bond donors (Lipinski definition) is 2. The SMILES string of the molecule is O=C1NC2=CC=C(c3ccc(N4CCOCC4)cc3)C(=O)C2C1=C(O)c1cccc(Cl)c1. The molecule has 2 fully saturated rings. The third-order valence-electron chi connectivity index (χ3n) is 5.97. The summed E-state index contributed by atoms with van der Waals surface area (Å²) in [6, 6.07) is 14.4. The van der Waals surface area contributed by atoms with Crippen molar-refractivity contribution in [3.8, 4) is 0 Å². The van der Waals surface area contributed by atoms with Crippen LogP contribution >= 0.6 is 11.6 Å². The molecule has 5 rings (SSSR count). The fourth-order valence-corrected chi connectivity index (χ4v) is 4.52. The van der Waals surface area contributed by atoms with Gasteiger partial charge in [-0.25, -0.2) is 0 Å². The van der Waals surface area contributed by atoms with Gasteiger partial charge in [-0.2, -0.15) is 0 Å². The Hall–Kier alpha value is -3.35. The van der Waals surface area contributed by atoms with Crippen molar-refractivity contribution in [2.45, 2.75) is 0 Å². The lowest BCUT2D eigenvalue weighted by Crippen LogP contribution is -2.36. The van der Waals surface area contributed by atoms with E-state index in [1.807, 2.05) is 24.3 Å². The molecule has 6 nitrogen and oxygen atoms in total. The zero-order valence-electron chi connectivity index (χ0n) is 17.2. The number of nitrogens with zero attached hydrogens (tertiary/aromatic N) is 1. The molecule has 2 aromatic carbocycles. The lowest BCUT2D eigenvalue weighted by molar-refractivity contribution is -0.118. The molecule has 0 spiro atoms. The van der Waals surface area contributed by atoms with Gasteiger partial charge in [0.25, 0.3) is 5.91 Å². The molecule has 2 saturated heterocycles. The number of ketones is 1. The van der Waals surface area contributed by atoms with Crippen LogP contribution in [0.3, 0.4) is 0 Å². The highest BCUT2D eigenvalue weighted by molar-refractivity contribution is 6.31. The highest BCUT2D eigenvalue weighted by atomic mass is 35.5. The number of halogens is 1. The van der Waals surface area contributed by atoms with Crippen LogP contribution in [0.5, 0.6) is 0 Å². The van der Waals surface area contributed by atoms with Crippen molar-refractivity contribution in [1.29, 1.82) is 0 Å². The average molecular weight is 449 g/mol. The van der Waals surface area contributed by atoms with Crippen LogP contribution < -0.4 is 10.2 Å². The first kappa shape index (κ1) is 20.5. The standard InChI is InChI=1S/C25H21ClN2O4/c26-17-3-1-2-16(14-17)23(29)22-21-20(27-25(22)31)9-8-19(24(21)30)15-4-6-18(7-5-15)28-10-12-32-13-11-28/h1-9,14,21,29H,10-13H2,(H,27,31). The van der Waals surface area contributed by atoms with E-state index in [0.717, 1.165) is 24.3 Å². The number of aliphatic hydroxyl groups excluding tert-OH is 1. The number of Topliss-reactive ketones (excluding diaryl/α,β-unsaturated/α-hetero) is 1. The van der Waals surface area contributed by atoms with Crippen molar-refractivity contribution >= 4 is 40.3 Å². The van der Waals surface area contributed by atoms with Gasteiger partial charge in [0.15, 0.2) is 5.78 Å². The summed E-state index contributed by atoms with van der Waals surface area (Å²) in [6.07, 6.45) is 3.45. The Morgan fingerprint density at radius 2 is 1.81 bits per heavy atom. The molecule has 2 N–H and O–H groups in total. The van der Waals surface area contributed by atoms with Gasteiger partial charge in [-0.3, -0.25) is 9.59 Å². The van der Waals surface area contributed by atoms with E-state index in [1.54, 1.807) is 36.4 Å². The van der Waals surface area contributed by atoms with Gasteiger partial charge in [-0.05, 0) is 42.0 Å². The van der Waals surface area contributed by atoms with E-state index in [1.165, 1.54) is 0 Å². The van der Waals surface area contributed by atoms with Gasteiger partial charge in [-0.15, -0.1) is 0 Å². The summed E-state index contributed by atoms with van der Waals surface area (Å²) in [4.78, 5) is 28.3. The van der Waals surface area contributed by atoms with Gasteiger partial charge >= 0.3 is 0 Å². The molecule has 2 aliphatic heterocycles. The fourth-order valence-electron chi connectivity index (χ4n) is 4.33. The second kappa shape index (κ2) is 8.30. The molecule has 2 heterocycles. The summed E-state index contributed by atoms with van der Waals surface area (Å²) < 4.78 is 5.40. The van der Waals surface area contributed by atoms with Gasteiger partial charge in [0.05, 0.1) is 24.7 Å². The summed E-state index contributed by atoms with van der Waals surface area (Å²) in [5.41, 5.74) is 3.25. The number of aliphatic hydroxyl groups is 1. The van der Waals surface area contributed by atoms with Crippen molar-refractivity contribution in [3.05, 3.63) is 88.1 Å². The maximum absolute atomic E-state index is 13.5. The molecule has 1 unspecified atom stereocenters. The van der Waals surface area contributed by atoms with Crippen LogP contribution in [0.1, 0.15) is 11.1 Å². The Labute approximate surface area is 190 Å². The highest BCUT2D eigenvalue weighted by Gasteiger charge is 2.43. The second-order valence-electron chi connectivity index (χ2n) is 7.87. The predicted octanol–water partition coefficient (Wildman–Crippen LogP) is 3.74. The minimum atomic E-state index is -0.875. The molecule has 0 radical (unpaired) electrons. The molecule has 1 aliphatic carbocycles. The Balaban J connectivity index is 1.46. The van der Waals surface area contributed by atoms with Gasteiger partial charge in [0.1, 0.15) is 5.76 Å². The molecule has 3 aliphatic rings. The maximum atomic E-state index is 13.5. The van der Waals surface area contributed by atoms with E-state index in [9.17, 15) is 14.7 Å². The highest BCUT2D eigenvalue weighted by Crippen LogP contribution is 2.39. The van der Waals surface area contributed by atoms with Crippen LogP contribution in [-0.4, -0.2) is 43.1 Å². The molecule has 162 valence electrons. The fraction of sp³-hybridized carbons (Fsp3) is 0.200. The summed E-state index contributed by atoms with van der Waals surface area (Å²) in [7, 11) is 0. The third kappa shape index (κ3) is 3.61. The van der Waals surface area contributed by atoms with E-state index in [2.05, 4.69) is 10.2 Å². The summed E-state index contributed by atoms with van der Waals surface area (Å²) >= 11 is 6.04. The van der Waals surface area contributed by atoms with Gasteiger partial charge < -0.3 is 20.1 Å². The Kier molecular flexibility index (Phi) is 5.33. The van der Waals surface area contributed by atoms with Crippen molar-refractivity contribution in [2.75, 3.05) is 31.2 Å². The lowest BCUT2D eigenvalue weighted by atomic mass is 9.83. The molecule has 2 aromatic rings. The first-order valence-electron chi connectivity index (χ1n) is 10.4. The number of amides is 1. The number of nitrogens with one attached hydrogen (secondary N) is 1. The Morgan fingerprint density at radius 3 is 2.53 bits per heavy atom. The largest absolute Gasteiger partial charge is 0.507 e. The van der Waals surface area contributed by atoms with E-state index in [0.29, 0.717) is 35.1 Å². The van der Waals surface area contributed by atoms with Crippen molar-refractivity contribution in [2.24, 2.45) is 5.92 Å². The van der Waals surface area contributed by atoms with Crippen LogP contribution in [0.25, 0.3) is 11.3 Å². The lowest BCUT2D eigenvalue weighted by Gasteiger charge is -2.29. The van der Waals surface area contributed by atoms with Crippen molar-refractivity contribution in [3.63, 3.8) is 0 Å². The molecule has 0 saturated carbocycles. The molecule has 1 amide bonds. The third-order valence-corrected chi connectivity index (χ3v) is 6.20. The minimum Gasteiger partial charge on any atom is -0.507 e. The summed E-state index contributed by atoms with van der Waals surface area (Å²) in [5, 5.41) is 14.0. The van der Waals surface area contributed by atoms with Crippen LogP contribution in [-0.2, 0) is 14.3 Å². The number of anilines is 1. The molecule has 1 atom stereocenters.